The molecular formula is C15H28N2. The number of rotatable bonds is 9. The maximum Gasteiger partial charge on any atom is 0.0552 e. The van der Waals surface area contributed by atoms with E-state index in [9.17, 15) is 0 Å². The number of aromatic nitrogens is 1. The smallest absolute Gasteiger partial charge is 0.0552 e. The van der Waals surface area contributed by atoms with Crippen LogP contribution < -0.4 is 5.32 Å². The van der Waals surface area contributed by atoms with Crippen molar-refractivity contribution in [3.8, 4) is 0 Å². The summed E-state index contributed by atoms with van der Waals surface area (Å²) in [5.74, 6) is 0. The fraction of sp³-hybridized carbons (Fsp3) is 0.733. The lowest BCUT2D eigenvalue weighted by Crippen LogP contribution is -2.19. The van der Waals surface area contributed by atoms with Crippen LogP contribution in [0.5, 0.6) is 0 Å². The Hall–Kier alpha value is -0.920. The van der Waals surface area contributed by atoms with Gasteiger partial charge in [0.15, 0.2) is 0 Å². The molecule has 0 bridgehead atoms. The first-order chi connectivity index (χ1) is 8.31. The van der Waals surface area contributed by atoms with Gasteiger partial charge in [-0.1, -0.05) is 46.5 Å². The van der Waals surface area contributed by atoms with E-state index in [4.69, 9.17) is 0 Å². The van der Waals surface area contributed by atoms with Crippen LogP contribution in [0.25, 0.3) is 0 Å². The standard InChI is InChI=1S/C15H28N2/c1-4-7-8-10-14(9-5-2)17-15-12-16-11-13(15)6-3/h11-12,14,16-17H,4-10H2,1-3H3. The highest BCUT2D eigenvalue weighted by Crippen LogP contribution is 2.19. The summed E-state index contributed by atoms with van der Waals surface area (Å²) >= 11 is 0. The van der Waals surface area contributed by atoms with Crippen molar-refractivity contribution in [1.29, 1.82) is 0 Å². The number of unbranched alkanes of at least 4 members (excludes halogenated alkanes) is 2. The van der Waals surface area contributed by atoms with Gasteiger partial charge in [-0.05, 0) is 24.8 Å². The molecule has 1 unspecified atom stereocenters. The van der Waals surface area contributed by atoms with Crippen molar-refractivity contribution in [3.63, 3.8) is 0 Å². The first-order valence-corrected chi connectivity index (χ1v) is 7.23. The van der Waals surface area contributed by atoms with Gasteiger partial charge in [-0.3, -0.25) is 0 Å². The summed E-state index contributed by atoms with van der Waals surface area (Å²) in [6, 6.07) is 0.646. The molecule has 0 aromatic carbocycles. The van der Waals surface area contributed by atoms with Crippen LogP contribution in [0.4, 0.5) is 5.69 Å². The summed E-state index contributed by atoms with van der Waals surface area (Å²) < 4.78 is 0. The monoisotopic (exact) mass is 236 g/mol. The van der Waals surface area contributed by atoms with Crippen molar-refractivity contribution in [2.75, 3.05) is 5.32 Å². The molecule has 1 aromatic rings. The van der Waals surface area contributed by atoms with E-state index in [1.54, 1.807) is 0 Å². The molecule has 1 aromatic heterocycles. The van der Waals surface area contributed by atoms with Crippen LogP contribution >= 0.6 is 0 Å². The Bertz CT molecular complexity index is 291. The third-order valence-electron chi connectivity index (χ3n) is 3.36. The van der Waals surface area contributed by atoms with E-state index < -0.39 is 0 Å². The van der Waals surface area contributed by atoms with Crippen LogP contribution in [0.2, 0.25) is 0 Å². The van der Waals surface area contributed by atoms with Crippen LogP contribution in [-0.2, 0) is 6.42 Å². The second-order valence-corrected chi connectivity index (χ2v) is 4.87. The number of aryl methyl sites for hydroxylation is 1. The summed E-state index contributed by atoms with van der Waals surface area (Å²) in [6.07, 6.45) is 13.2. The maximum absolute atomic E-state index is 3.71. The summed E-state index contributed by atoms with van der Waals surface area (Å²) in [7, 11) is 0. The zero-order valence-electron chi connectivity index (χ0n) is 11.7. The molecule has 1 atom stereocenters. The molecule has 1 heterocycles. The summed E-state index contributed by atoms with van der Waals surface area (Å²) in [5, 5.41) is 3.71. The molecular weight excluding hydrogens is 208 g/mol. The van der Waals surface area contributed by atoms with E-state index in [1.165, 1.54) is 49.8 Å². The predicted octanol–water partition coefficient (Wildman–Crippen LogP) is 4.74. The molecule has 98 valence electrons. The van der Waals surface area contributed by atoms with Crippen molar-refractivity contribution in [1.82, 2.24) is 4.98 Å². The van der Waals surface area contributed by atoms with Crippen molar-refractivity contribution in [2.24, 2.45) is 0 Å². The fourth-order valence-corrected chi connectivity index (χ4v) is 2.32. The number of anilines is 1. The summed E-state index contributed by atoms with van der Waals surface area (Å²) in [5.41, 5.74) is 2.71. The number of hydrogen-bond acceptors (Lipinski definition) is 1. The molecule has 0 saturated heterocycles. The molecule has 2 nitrogen and oxygen atoms in total. The SMILES string of the molecule is CCCCCC(CCC)Nc1c[nH]cc1CC. The Morgan fingerprint density at radius 3 is 2.53 bits per heavy atom. The lowest BCUT2D eigenvalue weighted by atomic mass is 10.0. The summed E-state index contributed by atoms with van der Waals surface area (Å²) in [4.78, 5) is 3.20. The van der Waals surface area contributed by atoms with Gasteiger partial charge in [-0.25, -0.2) is 0 Å². The topological polar surface area (TPSA) is 27.8 Å². The Labute approximate surface area is 106 Å². The average Bonchev–Trinajstić information content (AvgIpc) is 2.77. The van der Waals surface area contributed by atoms with Crippen LogP contribution in [0.3, 0.4) is 0 Å². The van der Waals surface area contributed by atoms with Gasteiger partial charge in [-0.2, -0.15) is 0 Å². The molecule has 0 fully saturated rings. The number of nitrogens with one attached hydrogen (secondary N) is 2. The lowest BCUT2D eigenvalue weighted by molar-refractivity contribution is 0.550. The Kier molecular flexibility index (Phi) is 6.83. The zero-order chi connectivity index (χ0) is 12.5. The zero-order valence-corrected chi connectivity index (χ0v) is 11.7. The van der Waals surface area contributed by atoms with E-state index in [2.05, 4.69) is 43.5 Å². The van der Waals surface area contributed by atoms with Crippen LogP contribution in [0.1, 0.15) is 64.9 Å². The number of hydrogen-bond donors (Lipinski definition) is 2. The molecule has 0 spiro atoms. The van der Waals surface area contributed by atoms with Crippen molar-refractivity contribution in [2.45, 2.75) is 71.8 Å². The molecule has 0 aliphatic carbocycles. The van der Waals surface area contributed by atoms with Gasteiger partial charge < -0.3 is 10.3 Å². The largest absolute Gasteiger partial charge is 0.381 e. The van der Waals surface area contributed by atoms with E-state index in [-0.39, 0.29) is 0 Å². The van der Waals surface area contributed by atoms with Crippen LogP contribution in [0.15, 0.2) is 12.4 Å². The van der Waals surface area contributed by atoms with Crippen molar-refractivity contribution < 1.29 is 0 Å². The Morgan fingerprint density at radius 2 is 1.88 bits per heavy atom. The molecule has 17 heavy (non-hydrogen) atoms. The van der Waals surface area contributed by atoms with Gasteiger partial charge in [0.25, 0.3) is 0 Å². The highest BCUT2D eigenvalue weighted by molar-refractivity contribution is 5.50. The van der Waals surface area contributed by atoms with Crippen LogP contribution in [-0.4, -0.2) is 11.0 Å². The highest BCUT2D eigenvalue weighted by atomic mass is 14.9. The predicted molar refractivity (Wildman–Crippen MR) is 76.6 cm³/mol. The second-order valence-electron chi connectivity index (χ2n) is 4.87. The minimum atomic E-state index is 0.646. The Balaban J connectivity index is 2.47. The third kappa shape index (κ3) is 4.84. The minimum Gasteiger partial charge on any atom is -0.381 e. The lowest BCUT2D eigenvalue weighted by Gasteiger charge is -2.19. The van der Waals surface area contributed by atoms with Crippen LogP contribution in [0, 0.1) is 0 Å². The summed E-state index contributed by atoms with van der Waals surface area (Å²) in [6.45, 7) is 6.75. The van der Waals surface area contributed by atoms with Gasteiger partial charge in [0.2, 0.25) is 0 Å². The molecule has 0 amide bonds. The molecule has 2 heteroatoms. The second kappa shape index (κ2) is 8.21. The van der Waals surface area contributed by atoms with E-state index in [0.717, 1.165) is 6.42 Å². The third-order valence-corrected chi connectivity index (χ3v) is 3.36. The first-order valence-electron chi connectivity index (χ1n) is 7.23. The minimum absolute atomic E-state index is 0.646. The first kappa shape index (κ1) is 14.1. The molecule has 0 aliphatic rings. The molecule has 0 aliphatic heterocycles. The normalized spacial score (nSPS) is 12.6. The molecule has 0 radical (unpaired) electrons. The van der Waals surface area contributed by atoms with Crippen molar-refractivity contribution >= 4 is 5.69 Å². The highest BCUT2D eigenvalue weighted by Gasteiger charge is 2.09. The van der Waals surface area contributed by atoms with Gasteiger partial charge >= 0.3 is 0 Å². The number of aromatic amines is 1. The van der Waals surface area contributed by atoms with E-state index in [1.807, 2.05) is 0 Å². The average molecular weight is 236 g/mol. The van der Waals surface area contributed by atoms with Gasteiger partial charge in [0.05, 0.1) is 5.69 Å². The van der Waals surface area contributed by atoms with Gasteiger partial charge in [0, 0.05) is 18.4 Å². The van der Waals surface area contributed by atoms with Gasteiger partial charge in [-0.15, -0.1) is 0 Å². The quantitative estimate of drug-likeness (QED) is 0.596. The Morgan fingerprint density at radius 1 is 1.06 bits per heavy atom. The van der Waals surface area contributed by atoms with E-state index >= 15 is 0 Å². The van der Waals surface area contributed by atoms with Gasteiger partial charge in [0.1, 0.15) is 0 Å². The fourth-order valence-electron chi connectivity index (χ4n) is 2.32. The molecule has 1 rings (SSSR count). The maximum atomic E-state index is 3.71. The van der Waals surface area contributed by atoms with E-state index in [0.29, 0.717) is 6.04 Å². The van der Waals surface area contributed by atoms with Crippen molar-refractivity contribution in [3.05, 3.63) is 18.0 Å². The number of H-pyrrole nitrogens is 1. The molecule has 0 saturated carbocycles. The molecule has 2 N–H and O–H groups in total.